The summed E-state index contributed by atoms with van der Waals surface area (Å²) in [4.78, 5) is 13.4. The Kier molecular flexibility index (Phi) is 4.29. The summed E-state index contributed by atoms with van der Waals surface area (Å²) in [7, 11) is 1.45. The van der Waals surface area contributed by atoms with Crippen molar-refractivity contribution in [3.8, 4) is 0 Å². The third kappa shape index (κ3) is 3.73. The van der Waals surface area contributed by atoms with Crippen LogP contribution in [0.5, 0.6) is 0 Å². The molecule has 0 aliphatic rings. The molecule has 4 nitrogen and oxygen atoms in total. The molecule has 0 radical (unpaired) electrons. The number of nitrogens with zero attached hydrogens (tertiary/aromatic N) is 2. The Balaban J connectivity index is 2.99. The number of hydrogen-bond acceptors (Lipinski definition) is 2. The predicted octanol–water partition coefficient (Wildman–Crippen LogP) is 1.89. The Hall–Kier alpha value is -1.50. The molecule has 1 aromatic heterocycles. The molecule has 108 valence electrons. The molecule has 0 saturated heterocycles. The summed E-state index contributed by atoms with van der Waals surface area (Å²) in [6.07, 6.45) is -3.18. The molecule has 0 aliphatic carbocycles. The largest absolute Gasteiger partial charge is 0.406 e. The van der Waals surface area contributed by atoms with E-state index in [1.807, 2.05) is 0 Å². The molecule has 0 unspecified atom stereocenters. The standard InChI is InChI=1S/C12H17F3N2O2/c1-11(2,8-18)16(3)10(19)9-5-4-6-17(9)7-12(13,14)15/h4-6,18H,7-8H2,1-3H3. The second kappa shape index (κ2) is 5.24. The first-order chi connectivity index (χ1) is 8.58. The Morgan fingerprint density at radius 1 is 1.42 bits per heavy atom. The topological polar surface area (TPSA) is 45.5 Å². The van der Waals surface area contributed by atoms with Crippen molar-refractivity contribution in [3.63, 3.8) is 0 Å². The molecule has 1 rings (SSSR count). The zero-order chi connectivity index (χ0) is 14.8. The zero-order valence-electron chi connectivity index (χ0n) is 11.0. The van der Waals surface area contributed by atoms with Crippen LogP contribution in [0.4, 0.5) is 13.2 Å². The van der Waals surface area contributed by atoms with Crippen LogP contribution < -0.4 is 0 Å². The highest BCUT2D eigenvalue weighted by molar-refractivity contribution is 5.93. The minimum Gasteiger partial charge on any atom is -0.394 e. The third-order valence-corrected chi connectivity index (χ3v) is 3.00. The van der Waals surface area contributed by atoms with Crippen molar-refractivity contribution in [2.24, 2.45) is 0 Å². The maximum Gasteiger partial charge on any atom is 0.406 e. The molecular formula is C12H17F3N2O2. The van der Waals surface area contributed by atoms with Gasteiger partial charge in [0.15, 0.2) is 0 Å². The Morgan fingerprint density at radius 3 is 2.47 bits per heavy atom. The first kappa shape index (κ1) is 15.6. The molecule has 0 saturated carbocycles. The number of alkyl halides is 3. The van der Waals surface area contributed by atoms with Crippen LogP contribution in [0.25, 0.3) is 0 Å². The third-order valence-electron chi connectivity index (χ3n) is 3.00. The number of carbonyl (C=O) groups is 1. The van der Waals surface area contributed by atoms with Crippen LogP contribution in [0.15, 0.2) is 18.3 Å². The van der Waals surface area contributed by atoms with Crippen LogP contribution in [-0.2, 0) is 6.54 Å². The van der Waals surface area contributed by atoms with Gasteiger partial charge in [0.2, 0.25) is 0 Å². The average Bonchev–Trinajstić information content (AvgIpc) is 2.72. The lowest BCUT2D eigenvalue weighted by Crippen LogP contribution is -2.48. The van der Waals surface area contributed by atoms with E-state index in [0.717, 1.165) is 4.57 Å². The van der Waals surface area contributed by atoms with Crippen LogP contribution in [-0.4, -0.2) is 45.9 Å². The van der Waals surface area contributed by atoms with E-state index in [1.165, 1.54) is 30.3 Å². The van der Waals surface area contributed by atoms with E-state index in [-0.39, 0.29) is 12.3 Å². The second-order valence-electron chi connectivity index (χ2n) is 4.97. The SMILES string of the molecule is CN(C(=O)c1cccn1CC(F)(F)F)C(C)(C)CO. The molecule has 1 N–H and O–H groups in total. The van der Waals surface area contributed by atoms with Crippen molar-refractivity contribution in [1.29, 1.82) is 0 Å². The van der Waals surface area contributed by atoms with Crippen LogP contribution in [0, 0.1) is 0 Å². The molecule has 7 heteroatoms. The van der Waals surface area contributed by atoms with Gasteiger partial charge in [-0.25, -0.2) is 0 Å². The molecule has 0 bridgehead atoms. The lowest BCUT2D eigenvalue weighted by Gasteiger charge is -2.34. The number of aliphatic hydroxyl groups is 1. The normalized spacial score (nSPS) is 12.6. The van der Waals surface area contributed by atoms with Gasteiger partial charge in [-0.1, -0.05) is 0 Å². The van der Waals surface area contributed by atoms with Crippen molar-refractivity contribution in [3.05, 3.63) is 24.0 Å². The first-order valence-electron chi connectivity index (χ1n) is 5.69. The number of aromatic nitrogens is 1. The number of halogens is 3. The Morgan fingerprint density at radius 2 is 2.00 bits per heavy atom. The van der Waals surface area contributed by atoms with Crippen LogP contribution >= 0.6 is 0 Å². The molecule has 1 aromatic rings. The lowest BCUT2D eigenvalue weighted by atomic mass is 10.0. The number of aliphatic hydroxyl groups excluding tert-OH is 1. The van der Waals surface area contributed by atoms with Gasteiger partial charge in [-0.2, -0.15) is 13.2 Å². The zero-order valence-corrected chi connectivity index (χ0v) is 11.0. The molecule has 0 aliphatic heterocycles. The van der Waals surface area contributed by atoms with Gasteiger partial charge in [0.25, 0.3) is 5.91 Å². The van der Waals surface area contributed by atoms with Gasteiger partial charge in [-0.15, -0.1) is 0 Å². The van der Waals surface area contributed by atoms with Crippen molar-refractivity contribution >= 4 is 5.91 Å². The predicted molar refractivity (Wildman–Crippen MR) is 63.7 cm³/mol. The van der Waals surface area contributed by atoms with E-state index >= 15 is 0 Å². The number of amides is 1. The smallest absolute Gasteiger partial charge is 0.394 e. The number of likely N-dealkylation sites (N-methyl/N-ethyl adjacent to an activating group) is 1. The summed E-state index contributed by atoms with van der Waals surface area (Å²) in [5.74, 6) is -0.562. The average molecular weight is 278 g/mol. The highest BCUT2D eigenvalue weighted by atomic mass is 19.4. The lowest BCUT2D eigenvalue weighted by molar-refractivity contribution is -0.140. The van der Waals surface area contributed by atoms with Gasteiger partial charge in [0, 0.05) is 13.2 Å². The molecule has 19 heavy (non-hydrogen) atoms. The monoisotopic (exact) mass is 278 g/mol. The van der Waals surface area contributed by atoms with Crippen molar-refractivity contribution < 1.29 is 23.1 Å². The van der Waals surface area contributed by atoms with Crippen molar-refractivity contribution in [2.45, 2.75) is 32.1 Å². The first-order valence-corrected chi connectivity index (χ1v) is 5.69. The summed E-state index contributed by atoms with van der Waals surface area (Å²) in [5.41, 5.74) is -0.897. The fourth-order valence-electron chi connectivity index (χ4n) is 1.49. The van der Waals surface area contributed by atoms with E-state index in [0.29, 0.717) is 0 Å². The summed E-state index contributed by atoms with van der Waals surface area (Å²) >= 11 is 0. The minimum absolute atomic E-state index is 0.0543. The van der Waals surface area contributed by atoms with Crippen LogP contribution in [0.3, 0.4) is 0 Å². The van der Waals surface area contributed by atoms with E-state index in [2.05, 4.69) is 0 Å². The molecule has 0 atom stereocenters. The second-order valence-corrected chi connectivity index (χ2v) is 4.97. The van der Waals surface area contributed by atoms with E-state index in [1.54, 1.807) is 13.8 Å². The fourth-order valence-corrected chi connectivity index (χ4v) is 1.49. The maximum absolute atomic E-state index is 12.4. The Labute approximate surface area is 109 Å². The number of rotatable bonds is 4. The quantitative estimate of drug-likeness (QED) is 0.914. The Bertz CT molecular complexity index is 452. The highest BCUT2D eigenvalue weighted by Crippen LogP contribution is 2.21. The molecule has 0 spiro atoms. The molecule has 0 fully saturated rings. The minimum atomic E-state index is -4.39. The van der Waals surface area contributed by atoms with Crippen molar-refractivity contribution in [1.82, 2.24) is 9.47 Å². The van der Waals surface area contributed by atoms with Gasteiger partial charge in [0.1, 0.15) is 12.2 Å². The van der Waals surface area contributed by atoms with Crippen molar-refractivity contribution in [2.75, 3.05) is 13.7 Å². The van der Waals surface area contributed by atoms with Gasteiger partial charge in [0.05, 0.1) is 12.1 Å². The molecule has 0 aromatic carbocycles. The van der Waals surface area contributed by atoms with Gasteiger partial charge in [-0.05, 0) is 26.0 Å². The van der Waals surface area contributed by atoms with E-state index in [9.17, 15) is 23.1 Å². The van der Waals surface area contributed by atoms with E-state index < -0.39 is 24.2 Å². The number of carbonyl (C=O) groups excluding carboxylic acids is 1. The fraction of sp³-hybridized carbons (Fsp3) is 0.583. The highest BCUT2D eigenvalue weighted by Gasteiger charge is 2.32. The summed E-state index contributed by atoms with van der Waals surface area (Å²) in [6, 6.07) is 2.72. The van der Waals surface area contributed by atoms with Gasteiger partial charge < -0.3 is 14.6 Å². The van der Waals surface area contributed by atoms with E-state index in [4.69, 9.17) is 0 Å². The van der Waals surface area contributed by atoms with Gasteiger partial charge in [-0.3, -0.25) is 4.79 Å². The van der Waals surface area contributed by atoms with Crippen LogP contribution in [0.1, 0.15) is 24.3 Å². The van der Waals surface area contributed by atoms with Gasteiger partial charge >= 0.3 is 6.18 Å². The molecular weight excluding hydrogens is 261 g/mol. The molecule has 1 heterocycles. The molecule has 1 amide bonds. The summed E-state index contributed by atoms with van der Waals surface area (Å²) < 4.78 is 38.0. The summed E-state index contributed by atoms with van der Waals surface area (Å²) in [5, 5.41) is 9.19. The number of hydrogen-bond donors (Lipinski definition) is 1. The van der Waals surface area contributed by atoms with Crippen LogP contribution in [0.2, 0.25) is 0 Å². The maximum atomic E-state index is 12.4. The summed E-state index contributed by atoms with van der Waals surface area (Å²) in [6.45, 7) is 1.76.